The van der Waals surface area contributed by atoms with Crippen molar-refractivity contribution in [3.63, 3.8) is 0 Å². The number of rotatable bonds is 10. The summed E-state index contributed by atoms with van der Waals surface area (Å²) in [5.74, 6) is 0.493. The van der Waals surface area contributed by atoms with Gasteiger partial charge >= 0.3 is 6.18 Å². The van der Waals surface area contributed by atoms with Gasteiger partial charge in [-0.3, -0.25) is 9.79 Å². The Balaban J connectivity index is 1.25. The molecule has 1 heterocycles. The van der Waals surface area contributed by atoms with Crippen LogP contribution in [0.4, 0.5) is 19.1 Å². The minimum Gasteiger partial charge on any atom is -0.403 e. The molecule has 2 aliphatic rings. The van der Waals surface area contributed by atoms with Crippen LogP contribution in [0.1, 0.15) is 78.0 Å². The standard InChI is InChI=1S/C34H33F3N6O/c1-2-30(22-4-3-5-25(15-22)34(35,36)37)42-32(44)23-8-12-28(20-6-7-20)29(16-23)21-9-13-31-24(14-21)18-40-33(43-31)41-27(17-38)19-39-26-10-11-26/h3-5,8-9,12-20,26,30H,2,6-7,10-11,38H2,1H3,(H,42,44)(H,40,41,43). The van der Waals surface area contributed by atoms with Crippen molar-refractivity contribution in [1.82, 2.24) is 15.3 Å². The zero-order valence-electron chi connectivity index (χ0n) is 24.2. The Morgan fingerprint density at radius 2 is 1.91 bits per heavy atom. The predicted octanol–water partition coefficient (Wildman–Crippen LogP) is 7.52. The van der Waals surface area contributed by atoms with E-state index in [4.69, 9.17) is 5.73 Å². The van der Waals surface area contributed by atoms with Gasteiger partial charge in [0.1, 0.15) is 0 Å². The van der Waals surface area contributed by atoms with E-state index in [1.807, 2.05) is 37.3 Å². The molecule has 7 nitrogen and oxygen atoms in total. The van der Waals surface area contributed by atoms with Crippen LogP contribution in [0.15, 0.2) is 83.7 Å². The molecule has 0 radical (unpaired) electrons. The average molecular weight is 599 g/mol. The number of halogens is 3. The van der Waals surface area contributed by atoms with Crippen molar-refractivity contribution in [2.24, 2.45) is 10.7 Å². The number of aliphatic imine (C=N–C) groups is 1. The van der Waals surface area contributed by atoms with Crippen LogP contribution in [0.5, 0.6) is 0 Å². The number of fused-ring (bicyclic) bond motifs is 1. The van der Waals surface area contributed by atoms with Crippen molar-refractivity contribution in [1.29, 1.82) is 0 Å². The lowest BCUT2D eigenvalue weighted by molar-refractivity contribution is -0.137. The highest BCUT2D eigenvalue weighted by Gasteiger charge is 2.31. The molecule has 1 amide bonds. The van der Waals surface area contributed by atoms with Crippen LogP contribution in [0.2, 0.25) is 0 Å². The second-order valence-electron chi connectivity index (χ2n) is 11.4. The molecule has 1 atom stereocenters. The Kier molecular flexibility index (Phi) is 8.07. The maximum absolute atomic E-state index is 13.4. The number of nitrogens with one attached hydrogen (secondary N) is 2. The number of hydrogen-bond donors (Lipinski definition) is 3. The Morgan fingerprint density at radius 3 is 2.61 bits per heavy atom. The first-order chi connectivity index (χ1) is 21.2. The van der Waals surface area contributed by atoms with Crippen LogP contribution in [0.3, 0.4) is 0 Å². The van der Waals surface area contributed by atoms with Gasteiger partial charge in [0.15, 0.2) is 0 Å². The van der Waals surface area contributed by atoms with E-state index in [2.05, 4.69) is 25.6 Å². The van der Waals surface area contributed by atoms with Gasteiger partial charge in [0.25, 0.3) is 5.91 Å². The number of amides is 1. The van der Waals surface area contributed by atoms with Crippen molar-refractivity contribution >= 4 is 29.0 Å². The minimum atomic E-state index is -4.45. The van der Waals surface area contributed by atoms with Crippen molar-refractivity contribution < 1.29 is 18.0 Å². The van der Waals surface area contributed by atoms with Crippen LogP contribution in [0, 0.1) is 0 Å². The van der Waals surface area contributed by atoms with E-state index < -0.39 is 17.8 Å². The summed E-state index contributed by atoms with van der Waals surface area (Å²) in [6.07, 6.45) is 5.23. The van der Waals surface area contributed by atoms with Gasteiger partial charge in [0.05, 0.1) is 28.9 Å². The number of benzene rings is 3. The average Bonchev–Trinajstić information content (AvgIpc) is 3.96. The van der Waals surface area contributed by atoms with Gasteiger partial charge < -0.3 is 16.4 Å². The third-order valence-electron chi connectivity index (χ3n) is 7.96. The molecule has 2 aliphatic carbocycles. The third-order valence-corrected chi connectivity index (χ3v) is 7.96. The summed E-state index contributed by atoms with van der Waals surface area (Å²) < 4.78 is 39.9. The van der Waals surface area contributed by atoms with Crippen molar-refractivity contribution in [3.8, 4) is 11.1 Å². The van der Waals surface area contributed by atoms with E-state index in [1.54, 1.807) is 24.5 Å². The Bertz CT molecular complexity index is 1760. The van der Waals surface area contributed by atoms with Crippen molar-refractivity contribution in [2.45, 2.75) is 63.2 Å². The third kappa shape index (κ3) is 6.74. The number of allylic oxidation sites excluding steroid dienone is 1. The van der Waals surface area contributed by atoms with E-state index in [-0.39, 0.29) is 5.91 Å². The second kappa shape index (κ2) is 12.1. The van der Waals surface area contributed by atoms with Crippen LogP contribution in [0.25, 0.3) is 22.0 Å². The van der Waals surface area contributed by atoms with Crippen LogP contribution >= 0.6 is 0 Å². The van der Waals surface area contributed by atoms with Gasteiger partial charge in [-0.1, -0.05) is 31.2 Å². The van der Waals surface area contributed by atoms with Crippen molar-refractivity contribution in [3.05, 3.63) is 101 Å². The highest BCUT2D eigenvalue weighted by atomic mass is 19.4. The molecule has 44 heavy (non-hydrogen) atoms. The molecule has 0 bridgehead atoms. The van der Waals surface area contributed by atoms with Gasteiger partial charge in [-0.15, -0.1) is 0 Å². The monoisotopic (exact) mass is 598 g/mol. The van der Waals surface area contributed by atoms with E-state index >= 15 is 0 Å². The summed E-state index contributed by atoms with van der Waals surface area (Å²) in [6, 6.07) is 16.5. The largest absolute Gasteiger partial charge is 0.416 e. The van der Waals surface area contributed by atoms with Gasteiger partial charge in [-0.25, -0.2) is 9.97 Å². The Labute approximate surface area is 253 Å². The first-order valence-electron chi connectivity index (χ1n) is 14.8. The van der Waals surface area contributed by atoms with Crippen LogP contribution in [-0.4, -0.2) is 28.1 Å². The smallest absolute Gasteiger partial charge is 0.403 e. The van der Waals surface area contributed by atoms with Crippen molar-refractivity contribution in [2.75, 3.05) is 5.32 Å². The van der Waals surface area contributed by atoms with Crippen LogP contribution in [-0.2, 0) is 6.18 Å². The zero-order chi connectivity index (χ0) is 30.8. The maximum Gasteiger partial charge on any atom is 0.416 e. The quantitative estimate of drug-likeness (QED) is 0.164. The molecule has 2 fully saturated rings. The van der Waals surface area contributed by atoms with Crippen LogP contribution < -0.4 is 16.4 Å². The topological polar surface area (TPSA) is 105 Å². The fourth-order valence-electron chi connectivity index (χ4n) is 5.21. The highest BCUT2D eigenvalue weighted by molar-refractivity contribution is 5.96. The zero-order valence-corrected chi connectivity index (χ0v) is 24.2. The molecule has 2 saturated carbocycles. The van der Waals surface area contributed by atoms with Gasteiger partial charge in [0, 0.05) is 29.6 Å². The molecular formula is C34H33F3N6O. The summed E-state index contributed by atoms with van der Waals surface area (Å²) in [5.41, 5.74) is 10.3. The minimum absolute atomic E-state index is 0.341. The predicted molar refractivity (Wildman–Crippen MR) is 166 cm³/mol. The summed E-state index contributed by atoms with van der Waals surface area (Å²) in [7, 11) is 0. The molecule has 0 saturated heterocycles. The summed E-state index contributed by atoms with van der Waals surface area (Å²) in [4.78, 5) is 27.0. The highest BCUT2D eigenvalue weighted by Crippen LogP contribution is 2.45. The maximum atomic E-state index is 13.4. The van der Waals surface area contributed by atoms with E-state index in [9.17, 15) is 18.0 Å². The summed E-state index contributed by atoms with van der Waals surface area (Å²) in [6.45, 7) is 1.83. The molecule has 10 heteroatoms. The first-order valence-corrected chi connectivity index (χ1v) is 14.8. The number of nitrogens with two attached hydrogens (primary N) is 1. The number of carbonyl (C=O) groups is 1. The van der Waals surface area contributed by atoms with E-state index in [1.165, 1.54) is 12.3 Å². The fourth-order valence-corrected chi connectivity index (χ4v) is 5.21. The molecule has 0 spiro atoms. The number of anilines is 1. The second-order valence-corrected chi connectivity index (χ2v) is 11.4. The number of alkyl halides is 3. The first kappa shape index (κ1) is 29.3. The van der Waals surface area contributed by atoms with E-state index in [0.29, 0.717) is 41.2 Å². The normalized spacial score (nSPS) is 16.3. The van der Waals surface area contributed by atoms with E-state index in [0.717, 1.165) is 65.4 Å². The summed E-state index contributed by atoms with van der Waals surface area (Å²) >= 11 is 0. The Hall–Kier alpha value is -4.73. The molecule has 1 aromatic heterocycles. The molecule has 3 aromatic carbocycles. The lowest BCUT2D eigenvalue weighted by atomic mass is 9.93. The SMILES string of the molecule is CCC(NC(=O)c1ccc(C2CC2)c(-c2ccc3nc(NC(C=NC4CC4)=CN)ncc3c2)c1)c1cccc(C(F)(F)F)c1. The molecule has 4 aromatic rings. The molecule has 226 valence electrons. The lowest BCUT2D eigenvalue weighted by Crippen LogP contribution is -2.28. The lowest BCUT2D eigenvalue weighted by Gasteiger charge is -2.20. The fraction of sp³-hybridized carbons (Fsp3) is 0.294. The van der Waals surface area contributed by atoms with Gasteiger partial charge in [0.2, 0.25) is 5.95 Å². The number of aromatic nitrogens is 2. The number of hydrogen-bond acceptors (Lipinski definition) is 6. The molecule has 1 unspecified atom stereocenters. The molecule has 4 N–H and O–H groups in total. The molecule has 6 rings (SSSR count). The number of nitrogens with zero attached hydrogens (tertiary/aromatic N) is 3. The van der Waals surface area contributed by atoms with Gasteiger partial charge in [-0.2, -0.15) is 13.2 Å². The Morgan fingerprint density at radius 1 is 1.09 bits per heavy atom. The van der Waals surface area contributed by atoms with Gasteiger partial charge in [-0.05, 0) is 96.7 Å². The molecule has 0 aliphatic heterocycles. The molecular weight excluding hydrogens is 565 g/mol. The number of carbonyl (C=O) groups excluding carboxylic acids is 1. The summed E-state index contributed by atoms with van der Waals surface area (Å²) in [5, 5.41) is 6.89.